The number of ether oxygens (including phenoxy) is 1. The predicted molar refractivity (Wildman–Crippen MR) is 99.8 cm³/mol. The van der Waals surface area contributed by atoms with Gasteiger partial charge in [0.1, 0.15) is 36.6 Å². The molecule has 0 aromatic carbocycles. The molecule has 3 aromatic heterocycles. The number of hydrogen-bond acceptors (Lipinski definition) is 8. The quantitative estimate of drug-likeness (QED) is 0.592. The van der Waals surface area contributed by atoms with Gasteiger partial charge in [-0.1, -0.05) is 0 Å². The number of nitrogens with one attached hydrogen (secondary N) is 1. The van der Waals surface area contributed by atoms with Crippen LogP contribution in [0.5, 0.6) is 5.88 Å². The number of fused-ring (bicyclic) bond motifs is 2. The first-order valence-electron chi connectivity index (χ1n) is 9.48. The van der Waals surface area contributed by atoms with Crippen LogP contribution in [0, 0.1) is 6.92 Å². The van der Waals surface area contributed by atoms with Gasteiger partial charge >= 0.3 is 0 Å². The largest absolute Gasteiger partial charge is 0.471 e. The number of rotatable bonds is 3. The molecule has 0 unspecified atom stereocenters. The molecule has 4 heterocycles. The molecule has 0 radical (unpaired) electrons. The van der Waals surface area contributed by atoms with Gasteiger partial charge in [0.05, 0.1) is 17.4 Å². The van der Waals surface area contributed by atoms with Gasteiger partial charge in [-0.2, -0.15) is 0 Å². The number of aliphatic hydroxyl groups is 2. The topological polar surface area (TPSA) is 118 Å². The van der Waals surface area contributed by atoms with Gasteiger partial charge in [-0.25, -0.2) is 19.9 Å². The maximum Gasteiger partial charge on any atom is 0.221 e. The van der Waals surface area contributed by atoms with E-state index in [1.807, 2.05) is 23.8 Å². The zero-order valence-corrected chi connectivity index (χ0v) is 15.5. The summed E-state index contributed by atoms with van der Waals surface area (Å²) in [5.74, 6) is 0.477. The minimum Gasteiger partial charge on any atom is -0.471 e. The van der Waals surface area contributed by atoms with Crippen molar-refractivity contribution in [3.05, 3.63) is 41.9 Å². The molecule has 9 nitrogen and oxygen atoms in total. The Labute approximate surface area is 161 Å². The lowest BCUT2D eigenvalue weighted by Gasteiger charge is -2.22. The predicted octanol–water partition coefficient (Wildman–Crippen LogP) is 0.290. The lowest BCUT2D eigenvalue weighted by molar-refractivity contribution is -0.0178. The molecular weight excluding hydrogens is 360 g/mol. The van der Waals surface area contributed by atoms with Crippen LogP contribution in [-0.2, 0) is 13.0 Å². The van der Waals surface area contributed by atoms with Gasteiger partial charge in [-0.3, -0.25) is 0 Å². The number of nitrogens with zero attached hydrogens (tertiary/aromatic N) is 5. The van der Waals surface area contributed by atoms with E-state index in [-0.39, 0.29) is 6.04 Å². The molecule has 3 N–H and O–H groups in total. The summed E-state index contributed by atoms with van der Waals surface area (Å²) in [6, 6.07) is 1.59. The van der Waals surface area contributed by atoms with Gasteiger partial charge in [-0.05, 0) is 13.0 Å². The third-order valence-electron chi connectivity index (χ3n) is 5.76. The van der Waals surface area contributed by atoms with E-state index < -0.39 is 18.3 Å². The molecule has 1 aliphatic carbocycles. The second kappa shape index (κ2) is 6.77. The third-order valence-corrected chi connectivity index (χ3v) is 5.76. The summed E-state index contributed by atoms with van der Waals surface area (Å²) in [6.45, 7) is 3.43. The van der Waals surface area contributed by atoms with Crippen molar-refractivity contribution in [3.63, 3.8) is 0 Å². The van der Waals surface area contributed by atoms with Crippen molar-refractivity contribution in [2.75, 3.05) is 6.54 Å². The highest BCUT2D eigenvalue weighted by atomic mass is 16.5. The Kier molecular flexibility index (Phi) is 4.22. The van der Waals surface area contributed by atoms with Gasteiger partial charge < -0.3 is 24.8 Å². The van der Waals surface area contributed by atoms with Gasteiger partial charge in [0.2, 0.25) is 5.88 Å². The monoisotopic (exact) mass is 382 g/mol. The van der Waals surface area contributed by atoms with Crippen molar-refractivity contribution >= 4 is 11.0 Å². The van der Waals surface area contributed by atoms with E-state index in [4.69, 9.17) is 4.74 Å². The minimum atomic E-state index is -1.02. The van der Waals surface area contributed by atoms with Crippen molar-refractivity contribution < 1.29 is 14.9 Å². The second-order valence-corrected chi connectivity index (χ2v) is 7.39. The van der Waals surface area contributed by atoms with Crippen molar-refractivity contribution in [2.24, 2.45) is 0 Å². The van der Waals surface area contributed by atoms with Crippen LogP contribution in [0.3, 0.4) is 0 Å². The Morgan fingerprint density at radius 2 is 2.00 bits per heavy atom. The number of aliphatic hydroxyl groups excluding tert-OH is 2. The molecular formula is C19H22N6O3. The molecule has 9 heteroatoms. The Morgan fingerprint density at radius 1 is 1.14 bits per heavy atom. The summed E-state index contributed by atoms with van der Waals surface area (Å²) in [6.07, 6.45) is 3.60. The van der Waals surface area contributed by atoms with E-state index in [9.17, 15) is 10.2 Å². The van der Waals surface area contributed by atoms with Crippen LogP contribution in [0.2, 0.25) is 0 Å². The Balaban J connectivity index is 1.43. The molecule has 1 fully saturated rings. The number of aryl methyl sites for hydroxylation is 1. The summed E-state index contributed by atoms with van der Waals surface area (Å²) < 4.78 is 7.97. The summed E-state index contributed by atoms with van der Waals surface area (Å²) in [4.78, 5) is 17.2. The fourth-order valence-corrected chi connectivity index (χ4v) is 4.21. The Bertz CT molecular complexity index is 1020. The van der Waals surface area contributed by atoms with Crippen molar-refractivity contribution in [1.82, 2.24) is 29.8 Å². The van der Waals surface area contributed by atoms with Crippen LogP contribution in [0.25, 0.3) is 11.0 Å². The number of aromatic nitrogens is 5. The SMILES string of the molecule is Cc1ncnc2c1ccn2[C@@H]1C[C@H](Oc2ncnc3c2CNCC3)[C@@H](O)[C@H]1O. The van der Waals surface area contributed by atoms with Crippen LogP contribution >= 0.6 is 0 Å². The average Bonchev–Trinajstić information content (AvgIpc) is 3.26. The molecule has 5 rings (SSSR count). The summed E-state index contributed by atoms with van der Waals surface area (Å²) in [5, 5.41) is 25.6. The van der Waals surface area contributed by atoms with Gasteiger partial charge in [0.15, 0.2) is 0 Å². The first-order chi connectivity index (χ1) is 13.6. The summed E-state index contributed by atoms with van der Waals surface area (Å²) in [5.41, 5.74) is 3.52. The summed E-state index contributed by atoms with van der Waals surface area (Å²) in [7, 11) is 0. The van der Waals surface area contributed by atoms with Crippen LogP contribution in [0.1, 0.15) is 29.4 Å². The molecule has 3 aromatic rings. The maximum absolute atomic E-state index is 10.7. The lowest BCUT2D eigenvalue weighted by atomic mass is 10.1. The van der Waals surface area contributed by atoms with E-state index >= 15 is 0 Å². The fraction of sp³-hybridized carbons (Fsp3) is 0.474. The van der Waals surface area contributed by atoms with E-state index in [0.29, 0.717) is 18.8 Å². The maximum atomic E-state index is 10.7. The van der Waals surface area contributed by atoms with E-state index in [0.717, 1.165) is 41.0 Å². The lowest BCUT2D eigenvalue weighted by Crippen LogP contribution is -2.35. The molecule has 1 aliphatic heterocycles. The standard InChI is InChI=1S/C19H22N6O3/c1-10-11-3-5-25(18(11)23-8-21-10)14-6-15(17(27)16(14)26)28-19-12-7-20-4-2-13(12)22-9-24-19/h3,5,8-9,14-17,20,26-27H,2,4,6-7H2,1H3/t14-,15+,16+,17-/m1/s1. The smallest absolute Gasteiger partial charge is 0.221 e. The number of hydrogen-bond donors (Lipinski definition) is 3. The molecule has 0 saturated heterocycles. The van der Waals surface area contributed by atoms with Crippen molar-refractivity contribution in [2.45, 2.75) is 50.7 Å². The fourth-order valence-electron chi connectivity index (χ4n) is 4.21. The molecule has 0 spiro atoms. The van der Waals surface area contributed by atoms with E-state index in [1.54, 1.807) is 0 Å². The molecule has 28 heavy (non-hydrogen) atoms. The normalized spacial score (nSPS) is 27.1. The van der Waals surface area contributed by atoms with E-state index in [2.05, 4.69) is 25.3 Å². The highest BCUT2D eigenvalue weighted by Crippen LogP contribution is 2.36. The van der Waals surface area contributed by atoms with Crippen LogP contribution < -0.4 is 10.1 Å². The van der Waals surface area contributed by atoms with Crippen LogP contribution in [0.15, 0.2) is 24.9 Å². The molecule has 4 atom stereocenters. The zero-order valence-electron chi connectivity index (χ0n) is 15.5. The van der Waals surface area contributed by atoms with E-state index in [1.165, 1.54) is 12.7 Å². The van der Waals surface area contributed by atoms with Gasteiger partial charge in [0, 0.05) is 43.1 Å². The molecule has 146 valence electrons. The average molecular weight is 382 g/mol. The zero-order chi connectivity index (χ0) is 19.3. The second-order valence-electron chi connectivity index (χ2n) is 7.39. The van der Waals surface area contributed by atoms with Gasteiger partial charge in [-0.15, -0.1) is 0 Å². The van der Waals surface area contributed by atoms with Crippen molar-refractivity contribution in [3.8, 4) is 5.88 Å². The molecule has 2 aliphatic rings. The molecule has 0 amide bonds. The highest BCUT2D eigenvalue weighted by molar-refractivity contribution is 5.78. The Hall–Kier alpha value is -2.62. The van der Waals surface area contributed by atoms with Crippen molar-refractivity contribution in [1.29, 1.82) is 0 Å². The Morgan fingerprint density at radius 3 is 2.89 bits per heavy atom. The first-order valence-corrected chi connectivity index (χ1v) is 9.48. The third kappa shape index (κ3) is 2.74. The molecule has 0 bridgehead atoms. The van der Waals surface area contributed by atoms with Crippen LogP contribution in [0.4, 0.5) is 0 Å². The highest BCUT2D eigenvalue weighted by Gasteiger charge is 2.45. The van der Waals surface area contributed by atoms with Crippen LogP contribution in [-0.4, -0.2) is 59.6 Å². The first kappa shape index (κ1) is 17.5. The summed E-state index contributed by atoms with van der Waals surface area (Å²) >= 11 is 0. The molecule has 1 saturated carbocycles. The minimum absolute atomic E-state index is 0.345. The van der Waals surface area contributed by atoms with Gasteiger partial charge in [0.25, 0.3) is 0 Å².